The predicted octanol–water partition coefficient (Wildman–Crippen LogP) is 4.70. The molecule has 0 unspecified atom stereocenters. The number of nitrogens with zero attached hydrogens (tertiary/aromatic N) is 2. The number of rotatable bonds is 5. The second kappa shape index (κ2) is 7.90. The van der Waals surface area contributed by atoms with E-state index in [2.05, 4.69) is 0 Å². The molecule has 4 nitrogen and oxygen atoms in total. The number of hydrogen-bond acceptors (Lipinski definition) is 4. The van der Waals surface area contributed by atoms with E-state index in [-0.39, 0.29) is 0 Å². The van der Waals surface area contributed by atoms with Crippen molar-refractivity contribution < 1.29 is 8.98 Å². The highest BCUT2D eigenvalue weighted by Gasteiger charge is 2.37. The van der Waals surface area contributed by atoms with E-state index in [0.717, 1.165) is 5.56 Å². The van der Waals surface area contributed by atoms with Gasteiger partial charge in [0, 0.05) is 35.3 Å². The molecule has 0 spiro atoms. The highest BCUT2D eigenvalue weighted by atomic mass is 35.5. The molecule has 0 aliphatic heterocycles. The average Bonchev–Trinajstić information content (AvgIpc) is 3.21. The summed E-state index contributed by atoms with van der Waals surface area (Å²) in [4.78, 5) is 6.55. The van der Waals surface area contributed by atoms with E-state index in [4.69, 9.17) is 21.0 Å². The second-order valence-electron chi connectivity index (χ2n) is 6.83. The number of halogens is 1. The van der Waals surface area contributed by atoms with Crippen LogP contribution >= 0.6 is 18.7 Å². The summed E-state index contributed by atoms with van der Waals surface area (Å²) in [6.07, 6.45) is 0. The van der Waals surface area contributed by atoms with E-state index >= 15 is 0 Å². The van der Waals surface area contributed by atoms with Gasteiger partial charge in [-0.1, -0.05) is 72.3 Å². The Bertz CT molecular complexity index is 1110. The Morgan fingerprint density at radius 3 is 1.83 bits per heavy atom. The van der Waals surface area contributed by atoms with Crippen molar-refractivity contribution in [3.63, 3.8) is 0 Å². The Hall–Kier alpha value is -2.81. The molecule has 6 heteroatoms. The first-order valence-electron chi connectivity index (χ1n) is 9.16. The smallest absolute Gasteiger partial charge is 0.229 e. The van der Waals surface area contributed by atoms with Gasteiger partial charge in [-0.3, -0.25) is 0 Å². The Labute approximate surface area is 175 Å². The summed E-state index contributed by atoms with van der Waals surface area (Å²) in [5.41, 5.74) is 1.21. The lowest BCUT2D eigenvalue weighted by Crippen LogP contribution is -2.29. The molecule has 146 valence electrons. The molecule has 0 saturated carbocycles. The van der Waals surface area contributed by atoms with Crippen LogP contribution in [0, 0.1) is 0 Å². The standard InChI is InChI=1S/C23H20ClN2O2P/c1-26(2)23-22(25-21(28-23)17-13-15-18(24)16-14-17)29(27,19-9-5-3-6-10-19)20-11-7-4-8-12-20/h3-16H,1-2H3. The third kappa shape index (κ3) is 3.62. The zero-order valence-electron chi connectivity index (χ0n) is 16.1. The molecule has 3 aromatic carbocycles. The van der Waals surface area contributed by atoms with E-state index in [9.17, 15) is 4.57 Å². The van der Waals surface area contributed by atoms with E-state index in [1.165, 1.54) is 0 Å². The van der Waals surface area contributed by atoms with Gasteiger partial charge in [0.1, 0.15) is 0 Å². The Morgan fingerprint density at radius 1 is 0.828 bits per heavy atom. The van der Waals surface area contributed by atoms with Gasteiger partial charge in [-0.15, -0.1) is 0 Å². The van der Waals surface area contributed by atoms with E-state index < -0.39 is 7.14 Å². The van der Waals surface area contributed by atoms with Crippen molar-refractivity contribution in [1.82, 2.24) is 4.98 Å². The van der Waals surface area contributed by atoms with Crippen LogP contribution in [0.15, 0.2) is 89.3 Å². The zero-order valence-corrected chi connectivity index (χ0v) is 17.8. The molecule has 0 atom stereocenters. The first-order valence-corrected chi connectivity index (χ1v) is 11.2. The van der Waals surface area contributed by atoms with Crippen molar-refractivity contribution in [2.75, 3.05) is 19.0 Å². The molecule has 0 saturated heterocycles. The summed E-state index contributed by atoms with van der Waals surface area (Å²) in [5.74, 6) is 0.887. The van der Waals surface area contributed by atoms with Crippen LogP contribution in [0.5, 0.6) is 0 Å². The monoisotopic (exact) mass is 422 g/mol. The fourth-order valence-electron chi connectivity index (χ4n) is 3.19. The van der Waals surface area contributed by atoms with Crippen molar-refractivity contribution in [2.24, 2.45) is 0 Å². The molecule has 0 fully saturated rings. The average molecular weight is 423 g/mol. The van der Waals surface area contributed by atoms with Crippen LogP contribution in [0.25, 0.3) is 11.5 Å². The quantitative estimate of drug-likeness (QED) is 0.437. The van der Waals surface area contributed by atoms with Crippen molar-refractivity contribution in [3.8, 4) is 11.5 Å². The highest BCUT2D eigenvalue weighted by Crippen LogP contribution is 2.45. The molecule has 0 amide bonds. The van der Waals surface area contributed by atoms with E-state index in [1.54, 1.807) is 17.0 Å². The highest BCUT2D eigenvalue weighted by molar-refractivity contribution is 7.85. The molecule has 1 aromatic heterocycles. The fourth-order valence-corrected chi connectivity index (χ4v) is 6.03. The first-order chi connectivity index (χ1) is 14.0. The number of oxazole rings is 1. The van der Waals surface area contributed by atoms with Gasteiger partial charge in [0.15, 0.2) is 12.6 Å². The lowest BCUT2D eigenvalue weighted by atomic mass is 10.2. The molecule has 0 aliphatic rings. The maximum Gasteiger partial charge on any atom is 0.229 e. The van der Waals surface area contributed by atoms with Gasteiger partial charge in [-0.05, 0) is 24.3 Å². The third-order valence-electron chi connectivity index (χ3n) is 4.63. The van der Waals surface area contributed by atoms with Crippen molar-refractivity contribution in [3.05, 3.63) is 90.0 Å². The SMILES string of the molecule is CN(C)c1oc(-c2ccc(Cl)cc2)nc1P(=O)(c1ccccc1)c1ccccc1. The maximum absolute atomic E-state index is 14.7. The molecule has 0 radical (unpaired) electrons. The second-order valence-corrected chi connectivity index (χ2v) is 9.94. The lowest BCUT2D eigenvalue weighted by molar-refractivity contribution is 0.572. The van der Waals surface area contributed by atoms with E-state index in [0.29, 0.717) is 32.8 Å². The molecule has 4 rings (SSSR count). The molecule has 29 heavy (non-hydrogen) atoms. The minimum atomic E-state index is -3.25. The Kier molecular flexibility index (Phi) is 5.31. The molecular weight excluding hydrogens is 403 g/mol. The molecule has 0 aliphatic carbocycles. The Morgan fingerprint density at radius 2 is 1.34 bits per heavy atom. The van der Waals surface area contributed by atoms with Gasteiger partial charge in [0.25, 0.3) is 0 Å². The van der Waals surface area contributed by atoms with Crippen LogP contribution < -0.4 is 20.9 Å². The summed E-state index contributed by atoms with van der Waals surface area (Å²) in [6.45, 7) is 0. The molecule has 1 heterocycles. The van der Waals surface area contributed by atoms with Crippen molar-refractivity contribution in [1.29, 1.82) is 0 Å². The maximum atomic E-state index is 14.7. The summed E-state index contributed by atoms with van der Waals surface area (Å²) in [5, 5.41) is 2.06. The molecule has 4 aromatic rings. The fraction of sp³-hybridized carbons (Fsp3) is 0.0870. The predicted molar refractivity (Wildman–Crippen MR) is 121 cm³/mol. The molecular formula is C23H20ClN2O2P. The first kappa shape index (κ1) is 19.5. The number of anilines is 1. The van der Waals surface area contributed by atoms with Gasteiger partial charge in [-0.2, -0.15) is 0 Å². The third-order valence-corrected chi connectivity index (χ3v) is 7.82. The van der Waals surface area contributed by atoms with Crippen LogP contribution in [0.2, 0.25) is 5.02 Å². The summed E-state index contributed by atoms with van der Waals surface area (Å²) in [7, 11) is 0.465. The summed E-state index contributed by atoms with van der Waals surface area (Å²) >= 11 is 6.01. The van der Waals surface area contributed by atoms with Gasteiger partial charge in [0.05, 0.1) is 0 Å². The van der Waals surface area contributed by atoms with Gasteiger partial charge in [0.2, 0.25) is 11.8 Å². The van der Waals surface area contributed by atoms with Crippen LogP contribution in [0.3, 0.4) is 0 Å². The topological polar surface area (TPSA) is 46.3 Å². The number of benzene rings is 3. The lowest BCUT2D eigenvalue weighted by Gasteiger charge is -2.20. The zero-order chi connectivity index (χ0) is 20.4. The van der Waals surface area contributed by atoms with Crippen LogP contribution in [-0.4, -0.2) is 19.1 Å². The number of hydrogen-bond donors (Lipinski definition) is 0. The van der Waals surface area contributed by atoms with Crippen LogP contribution in [0.4, 0.5) is 5.88 Å². The van der Waals surface area contributed by atoms with Gasteiger partial charge in [-0.25, -0.2) is 4.98 Å². The molecule has 0 bridgehead atoms. The minimum Gasteiger partial charge on any atom is -0.420 e. The van der Waals surface area contributed by atoms with Gasteiger partial charge < -0.3 is 13.9 Å². The van der Waals surface area contributed by atoms with Gasteiger partial charge >= 0.3 is 0 Å². The van der Waals surface area contributed by atoms with Crippen molar-refractivity contribution in [2.45, 2.75) is 0 Å². The van der Waals surface area contributed by atoms with E-state index in [1.807, 2.05) is 86.9 Å². The van der Waals surface area contributed by atoms with Crippen LogP contribution in [-0.2, 0) is 4.57 Å². The normalized spacial score (nSPS) is 11.4. The minimum absolute atomic E-state index is 0.410. The molecule has 0 N–H and O–H groups in total. The van der Waals surface area contributed by atoms with Crippen molar-refractivity contribution >= 4 is 40.7 Å². The summed E-state index contributed by atoms with van der Waals surface area (Å²) < 4.78 is 20.8. The summed E-state index contributed by atoms with van der Waals surface area (Å²) in [6, 6.07) is 26.1. The van der Waals surface area contributed by atoms with Crippen LogP contribution in [0.1, 0.15) is 0 Å². The largest absolute Gasteiger partial charge is 0.420 e. The number of aromatic nitrogens is 1. The Balaban J connectivity index is 1.98.